The Morgan fingerprint density at radius 1 is 1.42 bits per heavy atom. The first-order valence-corrected chi connectivity index (χ1v) is 3.41. The first kappa shape index (κ1) is 8.04. The Morgan fingerprint density at radius 3 is 2.83 bits per heavy atom. The molecule has 1 aromatic rings. The van der Waals surface area contributed by atoms with Gasteiger partial charge in [-0.05, 0) is 5.56 Å². The van der Waals surface area contributed by atoms with Gasteiger partial charge in [-0.25, -0.2) is 4.85 Å². The second-order valence-electron chi connectivity index (χ2n) is 2.13. The van der Waals surface area contributed by atoms with Gasteiger partial charge in [0.25, 0.3) is 0 Å². The predicted octanol–water partition coefficient (Wildman–Crippen LogP) is 2.77. The first-order chi connectivity index (χ1) is 5.88. The third-order valence-electron chi connectivity index (χ3n) is 1.39. The van der Waals surface area contributed by atoms with Gasteiger partial charge in [-0.3, -0.25) is 0 Å². The number of rotatable bonds is 1. The van der Waals surface area contributed by atoms with Gasteiger partial charge >= 0.3 is 0 Å². The fourth-order valence-electron chi connectivity index (χ4n) is 0.857. The molecule has 1 aromatic carbocycles. The Morgan fingerprint density at radius 2 is 2.17 bits per heavy atom. The quantitative estimate of drug-likeness (QED) is 0.451. The van der Waals surface area contributed by atoms with Crippen LogP contribution in [0.2, 0.25) is 0 Å². The van der Waals surface area contributed by atoms with Crippen LogP contribution in [-0.2, 0) is 0 Å². The van der Waals surface area contributed by atoms with Crippen LogP contribution in [0.5, 0.6) is 0 Å². The maximum absolute atomic E-state index is 8.28. The lowest BCUT2D eigenvalue weighted by Crippen LogP contribution is -1.69. The van der Waals surface area contributed by atoms with Gasteiger partial charge in [0.05, 0.1) is 12.6 Å². The summed E-state index contributed by atoms with van der Waals surface area (Å²) in [6.07, 6.45) is 3.00. The second-order valence-corrected chi connectivity index (χ2v) is 2.13. The minimum Gasteiger partial charge on any atom is -0.238 e. The molecule has 0 aliphatic rings. The van der Waals surface area contributed by atoms with Crippen molar-refractivity contribution >= 4 is 11.8 Å². The van der Waals surface area contributed by atoms with Crippen molar-refractivity contribution in [3.8, 4) is 6.07 Å². The number of nitriles is 1. The third-order valence-corrected chi connectivity index (χ3v) is 1.39. The Balaban J connectivity index is 3.09. The van der Waals surface area contributed by atoms with E-state index in [-0.39, 0.29) is 0 Å². The Hall–Kier alpha value is -2.06. The predicted molar refractivity (Wildman–Crippen MR) is 47.4 cm³/mol. The van der Waals surface area contributed by atoms with Gasteiger partial charge in [-0.1, -0.05) is 30.3 Å². The molecule has 1 rings (SSSR count). The molecule has 2 nitrogen and oxygen atoms in total. The van der Waals surface area contributed by atoms with E-state index in [2.05, 4.69) is 4.85 Å². The third kappa shape index (κ3) is 1.71. The number of nitrogens with zero attached hydrogens (tertiary/aromatic N) is 2. The highest BCUT2D eigenvalue weighted by Crippen LogP contribution is 2.19. The van der Waals surface area contributed by atoms with Crippen LogP contribution in [0, 0.1) is 17.9 Å². The first-order valence-electron chi connectivity index (χ1n) is 3.41. The van der Waals surface area contributed by atoms with Crippen molar-refractivity contribution in [1.29, 1.82) is 5.26 Å². The maximum atomic E-state index is 8.28. The van der Waals surface area contributed by atoms with Gasteiger partial charge in [-0.2, -0.15) is 5.26 Å². The normalized spacial score (nSPS) is 9.17. The molecule has 56 valence electrons. The molecule has 0 atom stereocenters. The van der Waals surface area contributed by atoms with Gasteiger partial charge in [0.15, 0.2) is 5.69 Å². The minimum absolute atomic E-state index is 0.573. The van der Waals surface area contributed by atoms with Crippen LogP contribution >= 0.6 is 0 Å². The van der Waals surface area contributed by atoms with Crippen LogP contribution < -0.4 is 0 Å². The molecule has 0 radical (unpaired) electrons. The summed E-state index contributed by atoms with van der Waals surface area (Å²) >= 11 is 0. The van der Waals surface area contributed by atoms with Crippen molar-refractivity contribution in [2.24, 2.45) is 0 Å². The molecule has 0 unspecified atom stereocenters. The summed E-state index contributed by atoms with van der Waals surface area (Å²) in [6.45, 7) is 6.83. The van der Waals surface area contributed by atoms with E-state index >= 15 is 0 Å². The number of para-hydroxylation sites is 1. The largest absolute Gasteiger partial charge is 0.238 e. The fourth-order valence-corrected chi connectivity index (χ4v) is 0.857. The van der Waals surface area contributed by atoms with E-state index in [9.17, 15) is 0 Å². The summed E-state index contributed by atoms with van der Waals surface area (Å²) in [5.41, 5.74) is 1.36. The van der Waals surface area contributed by atoms with Crippen LogP contribution in [-0.4, -0.2) is 0 Å². The van der Waals surface area contributed by atoms with E-state index in [0.717, 1.165) is 5.56 Å². The summed E-state index contributed by atoms with van der Waals surface area (Å²) < 4.78 is 0. The molecule has 0 aliphatic heterocycles. The molecule has 0 saturated heterocycles. The van der Waals surface area contributed by atoms with Crippen molar-refractivity contribution in [3.05, 3.63) is 47.3 Å². The fraction of sp³-hybridized carbons (Fsp3) is 0. The standard InChI is InChI=1S/C10H6N2/c1-12-10-7-3-2-5-9(10)6-4-8-11/h2-7H. The van der Waals surface area contributed by atoms with Crippen LogP contribution in [0.15, 0.2) is 30.3 Å². The average molecular weight is 154 g/mol. The van der Waals surface area contributed by atoms with Crippen molar-refractivity contribution in [2.45, 2.75) is 0 Å². The molecule has 0 N–H and O–H groups in total. The topological polar surface area (TPSA) is 28.1 Å². The highest BCUT2D eigenvalue weighted by molar-refractivity contribution is 5.67. The molecule has 0 heterocycles. The molecular formula is C10H6N2. The van der Waals surface area contributed by atoms with Crippen molar-refractivity contribution in [2.75, 3.05) is 0 Å². The van der Waals surface area contributed by atoms with Gasteiger partial charge in [0.2, 0.25) is 0 Å². The minimum atomic E-state index is 0.573. The van der Waals surface area contributed by atoms with Gasteiger partial charge in [0.1, 0.15) is 0 Å². The molecule has 0 aromatic heterocycles. The molecule has 0 saturated carbocycles. The summed E-state index contributed by atoms with van der Waals surface area (Å²) in [6, 6.07) is 9.06. The molecule has 2 heteroatoms. The molecular weight excluding hydrogens is 148 g/mol. The number of benzene rings is 1. The Labute approximate surface area is 71.2 Å². The van der Waals surface area contributed by atoms with E-state index in [1.165, 1.54) is 6.08 Å². The van der Waals surface area contributed by atoms with Crippen molar-refractivity contribution in [1.82, 2.24) is 0 Å². The van der Waals surface area contributed by atoms with Crippen molar-refractivity contribution < 1.29 is 0 Å². The molecule has 0 aliphatic carbocycles. The highest BCUT2D eigenvalue weighted by Gasteiger charge is 1.94. The Kier molecular flexibility index (Phi) is 2.65. The van der Waals surface area contributed by atoms with Gasteiger partial charge in [-0.15, -0.1) is 0 Å². The lowest BCUT2D eigenvalue weighted by atomic mass is 10.2. The summed E-state index contributed by atoms with van der Waals surface area (Å²) in [7, 11) is 0. The summed E-state index contributed by atoms with van der Waals surface area (Å²) in [4.78, 5) is 3.31. The van der Waals surface area contributed by atoms with Crippen LogP contribution in [0.25, 0.3) is 10.9 Å². The van der Waals surface area contributed by atoms with Gasteiger partial charge < -0.3 is 0 Å². The van der Waals surface area contributed by atoms with E-state index < -0.39 is 0 Å². The number of hydrogen-bond acceptors (Lipinski definition) is 1. The zero-order valence-corrected chi connectivity index (χ0v) is 6.36. The second kappa shape index (κ2) is 3.95. The number of hydrogen-bond donors (Lipinski definition) is 0. The highest BCUT2D eigenvalue weighted by atomic mass is 14.6. The lowest BCUT2D eigenvalue weighted by Gasteiger charge is -1.93. The van der Waals surface area contributed by atoms with E-state index in [4.69, 9.17) is 11.8 Å². The maximum Gasteiger partial charge on any atom is 0.194 e. The zero-order chi connectivity index (χ0) is 8.81. The smallest absolute Gasteiger partial charge is 0.194 e. The average Bonchev–Trinajstić information content (AvgIpc) is 2.15. The summed E-state index contributed by atoms with van der Waals surface area (Å²) in [5, 5.41) is 8.28. The molecule has 0 bridgehead atoms. The van der Waals surface area contributed by atoms with E-state index in [1.54, 1.807) is 24.3 Å². The monoisotopic (exact) mass is 154 g/mol. The van der Waals surface area contributed by atoms with Crippen LogP contribution in [0.4, 0.5) is 5.69 Å². The molecule has 0 fully saturated rings. The van der Waals surface area contributed by atoms with Crippen LogP contribution in [0.1, 0.15) is 5.56 Å². The van der Waals surface area contributed by atoms with E-state index in [1.807, 2.05) is 12.1 Å². The summed E-state index contributed by atoms with van der Waals surface area (Å²) in [5.74, 6) is 0. The SMILES string of the molecule is [C-]#[N+]c1ccccc1C=CC#N. The molecule has 0 spiro atoms. The number of allylic oxidation sites excluding steroid dienone is 1. The molecule has 0 amide bonds. The zero-order valence-electron chi connectivity index (χ0n) is 6.36. The molecule has 12 heavy (non-hydrogen) atoms. The van der Waals surface area contributed by atoms with Crippen LogP contribution in [0.3, 0.4) is 0 Å². The van der Waals surface area contributed by atoms with Gasteiger partial charge in [0, 0.05) is 6.08 Å². The van der Waals surface area contributed by atoms with Crippen molar-refractivity contribution in [3.63, 3.8) is 0 Å². The van der Waals surface area contributed by atoms with E-state index in [0.29, 0.717) is 5.69 Å². The Bertz CT molecular complexity index is 378. The lowest BCUT2D eigenvalue weighted by molar-refractivity contribution is 1.54.